The number of anilines is 2. The molecule has 2 unspecified atom stereocenters. The first-order valence-electron chi connectivity index (χ1n) is 26.0. The quantitative estimate of drug-likeness (QED) is 0.0589. The van der Waals surface area contributed by atoms with Crippen molar-refractivity contribution in [2.75, 3.05) is 50.2 Å². The van der Waals surface area contributed by atoms with Gasteiger partial charge in [-0.15, -0.1) is 0 Å². The van der Waals surface area contributed by atoms with Crippen molar-refractivity contribution >= 4 is 70.0 Å². The number of nitrogens with zero attached hydrogens (tertiary/aromatic N) is 6. The number of β-amino-alcohol motifs (C(OH)–C–C–N with tert-alkyl or cyclic N) is 2. The van der Waals surface area contributed by atoms with E-state index in [1.807, 2.05) is 19.1 Å². The van der Waals surface area contributed by atoms with Gasteiger partial charge in [0.05, 0.1) is 88.3 Å². The molecule has 18 nitrogen and oxygen atoms in total. The first kappa shape index (κ1) is 55.8. The summed E-state index contributed by atoms with van der Waals surface area (Å²) in [5, 5.41) is 51.8. The van der Waals surface area contributed by atoms with E-state index >= 15 is 0 Å². The highest BCUT2D eigenvalue weighted by Crippen LogP contribution is 2.59. The minimum absolute atomic E-state index is 0.0216. The van der Waals surface area contributed by atoms with Crippen molar-refractivity contribution in [2.24, 2.45) is 0 Å². The van der Waals surface area contributed by atoms with Gasteiger partial charge in [-0.3, -0.25) is 0 Å². The Morgan fingerprint density at radius 1 is 0.639 bits per heavy atom. The lowest BCUT2D eigenvalue weighted by Gasteiger charge is -2.47. The fraction of sp³-hybridized carbons (Fsp3) is 0.288. The molecule has 83 heavy (non-hydrogen) atoms. The Bertz CT molecular complexity index is 3890. The molecule has 2 saturated heterocycles. The summed E-state index contributed by atoms with van der Waals surface area (Å²) < 4.78 is 66.8. The van der Waals surface area contributed by atoms with E-state index in [2.05, 4.69) is 20.3 Å². The molecule has 0 amide bonds. The van der Waals surface area contributed by atoms with Crippen molar-refractivity contribution in [1.29, 1.82) is 0 Å². The Balaban J connectivity index is 0.774. The second-order valence-corrected chi connectivity index (χ2v) is 22.8. The van der Waals surface area contributed by atoms with Crippen LogP contribution in [0.2, 0.25) is 20.1 Å². The summed E-state index contributed by atoms with van der Waals surface area (Å²) in [6.07, 6.45) is 4.57. The molecular formula is C59H48Cl4F2N6O12. The van der Waals surface area contributed by atoms with Gasteiger partial charge in [0.2, 0.25) is 0 Å². The van der Waals surface area contributed by atoms with Crippen molar-refractivity contribution in [1.82, 2.24) is 20.3 Å². The topological polar surface area (TPSA) is 236 Å². The first-order chi connectivity index (χ1) is 39.7. The molecule has 4 N–H and O–H groups in total. The molecule has 4 fully saturated rings. The van der Waals surface area contributed by atoms with Crippen molar-refractivity contribution in [3.8, 4) is 45.5 Å². The smallest absolute Gasteiger partial charge is 0.337 e. The molecule has 0 bridgehead atoms. The third-order valence-corrected chi connectivity index (χ3v) is 16.7. The number of halogens is 6. The maximum absolute atomic E-state index is 14.8. The van der Waals surface area contributed by atoms with Gasteiger partial charge in [0.15, 0.2) is 23.3 Å². The van der Waals surface area contributed by atoms with Crippen molar-refractivity contribution in [3.05, 3.63) is 173 Å². The summed E-state index contributed by atoms with van der Waals surface area (Å²) in [5.41, 5.74) is 2.13. The predicted octanol–water partition coefficient (Wildman–Crippen LogP) is 12.1. The highest BCUT2D eigenvalue weighted by atomic mass is 35.5. The van der Waals surface area contributed by atoms with Crippen LogP contribution in [0.25, 0.3) is 22.5 Å². The number of rotatable bonds is 19. The standard InChI is InChI=1S/C59H48Cl4F2N6O12/c1-27-10-42(62)48(43(63)11-27)50-37(22-81-33-7-9-39(41(61)17-33)59(77)25-71(26-59)55-45(65)13-31(20-67-55)57(74)75)53(83-68-50)35-18-34(35)29-14-46(78-2)49(47(15-29)79-3)51-36(52(82-69-51)28-4-5-28)21-80-32-6-8-38(40(60)16-32)58(76)23-70(24-58)54-44(64)12-30(19-66-54)56(72)73/h6-17,19-20,28,34-35,76-77H,4-5,18,21-26H2,1-3H3,(H,72,73)(H,74,75). The Labute approximate surface area is 491 Å². The van der Waals surface area contributed by atoms with E-state index < -0.39 is 34.8 Å². The Morgan fingerprint density at radius 3 is 1.53 bits per heavy atom. The third kappa shape index (κ3) is 10.4. The van der Waals surface area contributed by atoms with Gasteiger partial charge in [0, 0.05) is 40.9 Å². The molecule has 4 aromatic heterocycles. The average Bonchev–Trinajstić information content (AvgIpc) is 4.46. The zero-order valence-electron chi connectivity index (χ0n) is 44.2. The van der Waals surface area contributed by atoms with E-state index in [1.54, 1.807) is 62.8 Å². The number of hydrogen-bond donors (Lipinski definition) is 4. The summed E-state index contributed by atoms with van der Waals surface area (Å²) >= 11 is 27.3. The summed E-state index contributed by atoms with van der Waals surface area (Å²) in [6.45, 7) is 1.66. The van der Waals surface area contributed by atoms with Crippen LogP contribution in [0.5, 0.6) is 23.0 Å². The fourth-order valence-electron chi connectivity index (χ4n) is 11.0. The van der Waals surface area contributed by atoms with Gasteiger partial charge in [-0.25, -0.2) is 28.3 Å². The highest BCUT2D eigenvalue weighted by Gasteiger charge is 2.48. The number of methoxy groups -OCH3 is 2. The number of pyridine rings is 2. The van der Waals surface area contributed by atoms with E-state index in [9.17, 15) is 38.8 Å². The van der Waals surface area contributed by atoms with Crippen molar-refractivity contribution < 1.29 is 66.8 Å². The number of aryl methyl sites for hydroxylation is 1. The number of aliphatic hydroxyl groups is 2. The Hall–Kier alpha value is -7.72. The van der Waals surface area contributed by atoms with Crippen LogP contribution in [-0.4, -0.2) is 93.0 Å². The molecule has 0 radical (unpaired) electrons. The number of benzene rings is 4. The minimum atomic E-state index is -1.47. The number of ether oxygens (including phenoxy) is 4. The number of aromatic carboxylic acids is 2. The van der Waals surface area contributed by atoms with E-state index in [-0.39, 0.29) is 90.0 Å². The van der Waals surface area contributed by atoms with Gasteiger partial charge < -0.3 is 58.2 Å². The first-order valence-corrected chi connectivity index (χ1v) is 27.5. The van der Waals surface area contributed by atoms with Crippen LogP contribution in [0.1, 0.15) is 103 Å². The van der Waals surface area contributed by atoms with Crippen molar-refractivity contribution in [2.45, 2.75) is 68.4 Å². The van der Waals surface area contributed by atoms with Gasteiger partial charge in [-0.2, -0.15) is 0 Å². The Morgan fingerprint density at radius 2 is 1.10 bits per heavy atom. The normalized spacial score (nSPS) is 17.6. The van der Waals surface area contributed by atoms with Crippen LogP contribution >= 0.6 is 46.4 Å². The number of carboxylic acids is 2. The SMILES string of the molecule is COc1cc(C2CC2c2onc(-c3c(Cl)cc(C)cc3Cl)c2COc2ccc(C3(O)CN(c4ncc(C(=O)O)cc4F)C3)c(Cl)c2)cc(OC)c1-c1noc(C2CC2)c1COc1ccc(C2(O)CN(c3ncc(C(=O)O)cc3F)C2)c(Cl)c1. The number of aromatic nitrogens is 4. The molecule has 4 aromatic carbocycles. The molecule has 12 rings (SSSR count). The molecule has 24 heteroatoms. The van der Waals surface area contributed by atoms with Gasteiger partial charge in [-0.1, -0.05) is 68.8 Å². The predicted molar refractivity (Wildman–Crippen MR) is 300 cm³/mol. The molecule has 8 aromatic rings. The monoisotopic (exact) mass is 1210 g/mol. The van der Waals surface area contributed by atoms with E-state index in [0.29, 0.717) is 95.8 Å². The zero-order valence-corrected chi connectivity index (χ0v) is 47.2. The van der Waals surface area contributed by atoms with Crippen LogP contribution in [0.4, 0.5) is 20.4 Å². The van der Waals surface area contributed by atoms with Gasteiger partial charge >= 0.3 is 11.9 Å². The molecule has 2 saturated carbocycles. The van der Waals surface area contributed by atoms with Gasteiger partial charge in [0.1, 0.15) is 70.3 Å². The molecule has 0 spiro atoms. The zero-order chi connectivity index (χ0) is 58.4. The molecule has 428 valence electrons. The summed E-state index contributed by atoms with van der Waals surface area (Å²) in [6, 6.07) is 19.0. The van der Waals surface area contributed by atoms with Gasteiger partial charge in [-0.05, 0) is 104 Å². The Kier molecular flexibility index (Phi) is 14.4. The molecule has 2 atom stereocenters. The summed E-state index contributed by atoms with van der Waals surface area (Å²) in [5.74, 6) is -1.73. The molecular weight excluding hydrogens is 1160 g/mol. The third-order valence-electron chi connectivity index (χ3n) is 15.5. The number of carbonyl (C=O) groups is 2. The van der Waals surface area contributed by atoms with Crippen molar-refractivity contribution in [3.63, 3.8) is 0 Å². The average molecular weight is 1210 g/mol. The van der Waals surface area contributed by atoms with E-state index in [1.165, 1.54) is 9.80 Å². The minimum Gasteiger partial charge on any atom is -0.496 e. The van der Waals surface area contributed by atoms with Crippen LogP contribution in [0, 0.1) is 18.6 Å². The van der Waals surface area contributed by atoms with Crippen LogP contribution in [0.15, 0.2) is 94.2 Å². The van der Waals surface area contributed by atoms with Crippen LogP contribution in [0.3, 0.4) is 0 Å². The largest absolute Gasteiger partial charge is 0.496 e. The lowest BCUT2D eigenvalue weighted by molar-refractivity contribution is 0.00633. The number of carboxylic acid groups (broad SMARTS) is 2. The molecule has 4 aliphatic rings. The van der Waals surface area contributed by atoms with Crippen LogP contribution < -0.4 is 28.7 Å². The molecule has 6 heterocycles. The van der Waals surface area contributed by atoms with Crippen LogP contribution in [-0.2, 0) is 24.4 Å². The highest BCUT2D eigenvalue weighted by molar-refractivity contribution is 6.39. The second-order valence-electron chi connectivity index (χ2n) is 21.2. The molecule has 2 aliphatic carbocycles. The summed E-state index contributed by atoms with van der Waals surface area (Å²) in [4.78, 5) is 33.5. The molecule has 2 aliphatic heterocycles. The maximum Gasteiger partial charge on any atom is 0.337 e. The lowest BCUT2D eigenvalue weighted by atomic mass is 9.86. The fourth-order valence-corrected chi connectivity index (χ4v) is 12.5. The van der Waals surface area contributed by atoms with E-state index in [0.717, 1.165) is 48.5 Å². The lowest BCUT2D eigenvalue weighted by Crippen LogP contribution is -2.60. The number of hydrogen-bond acceptors (Lipinski definition) is 16. The summed E-state index contributed by atoms with van der Waals surface area (Å²) in [7, 11) is 3.11. The van der Waals surface area contributed by atoms with E-state index in [4.69, 9.17) is 74.4 Å². The maximum atomic E-state index is 14.8. The second kappa shape index (κ2) is 21.5. The van der Waals surface area contributed by atoms with Gasteiger partial charge in [0.25, 0.3) is 0 Å².